The molecular weight excluding hydrogens is 483 g/mol. The molecule has 0 amide bonds. The molecule has 6 nitrogen and oxygen atoms in total. The zero-order valence-corrected chi connectivity index (χ0v) is 19.6. The third kappa shape index (κ3) is 6.59. The van der Waals surface area contributed by atoms with Gasteiger partial charge in [0.25, 0.3) is 0 Å². The number of aryl methyl sites for hydroxylation is 1. The molecular formula is C20H27IN6S. The quantitative estimate of drug-likeness (QED) is 0.287. The van der Waals surface area contributed by atoms with Crippen LogP contribution in [0.25, 0.3) is 5.82 Å². The van der Waals surface area contributed by atoms with E-state index in [0.717, 1.165) is 30.3 Å². The maximum absolute atomic E-state index is 4.73. The van der Waals surface area contributed by atoms with Crippen LogP contribution in [-0.4, -0.2) is 33.3 Å². The van der Waals surface area contributed by atoms with Crippen molar-refractivity contribution in [2.45, 2.75) is 39.8 Å². The Kier molecular flexibility index (Phi) is 8.91. The number of hydrogen-bond acceptors (Lipinski definition) is 4. The summed E-state index contributed by atoms with van der Waals surface area (Å²) < 4.78 is 1.75. The summed E-state index contributed by atoms with van der Waals surface area (Å²) in [6.07, 6.45) is 6.41. The number of aromatic nitrogens is 3. The molecule has 1 unspecified atom stereocenters. The Morgan fingerprint density at radius 1 is 1.29 bits per heavy atom. The number of guanidine groups is 1. The minimum absolute atomic E-state index is 0. The Morgan fingerprint density at radius 2 is 2.14 bits per heavy atom. The first-order chi connectivity index (χ1) is 13.1. The van der Waals surface area contributed by atoms with Gasteiger partial charge in [0.1, 0.15) is 0 Å². The lowest BCUT2D eigenvalue weighted by Gasteiger charge is -2.17. The summed E-state index contributed by atoms with van der Waals surface area (Å²) in [5.74, 6) is 1.63. The molecule has 0 fully saturated rings. The first-order valence-electron chi connectivity index (χ1n) is 9.19. The van der Waals surface area contributed by atoms with Crippen molar-refractivity contribution in [3.05, 3.63) is 64.2 Å². The van der Waals surface area contributed by atoms with Gasteiger partial charge >= 0.3 is 0 Å². The van der Waals surface area contributed by atoms with Crippen LogP contribution in [0.15, 0.2) is 53.9 Å². The van der Waals surface area contributed by atoms with Crippen molar-refractivity contribution in [3.63, 3.8) is 0 Å². The van der Waals surface area contributed by atoms with Crippen LogP contribution in [0, 0.1) is 6.92 Å². The summed E-state index contributed by atoms with van der Waals surface area (Å²) in [6.45, 7) is 7.81. The number of halogens is 1. The topological polar surface area (TPSA) is 67.1 Å². The monoisotopic (exact) mass is 510 g/mol. The molecule has 0 saturated heterocycles. The predicted molar refractivity (Wildman–Crippen MR) is 127 cm³/mol. The second-order valence-electron chi connectivity index (χ2n) is 6.43. The minimum Gasteiger partial charge on any atom is -0.357 e. The van der Waals surface area contributed by atoms with E-state index in [1.807, 2.05) is 35.7 Å². The van der Waals surface area contributed by atoms with Crippen molar-refractivity contribution < 1.29 is 0 Å². The van der Waals surface area contributed by atoms with Crippen LogP contribution in [0.4, 0.5) is 0 Å². The molecule has 3 heterocycles. The summed E-state index contributed by atoms with van der Waals surface area (Å²) in [5.41, 5.74) is 1.09. The Morgan fingerprint density at radius 3 is 2.82 bits per heavy atom. The highest BCUT2D eigenvalue weighted by molar-refractivity contribution is 14.0. The Labute approximate surface area is 187 Å². The van der Waals surface area contributed by atoms with Gasteiger partial charge in [-0.15, -0.1) is 35.3 Å². The van der Waals surface area contributed by atoms with Gasteiger partial charge in [0.2, 0.25) is 0 Å². The first kappa shape index (κ1) is 22.4. The van der Waals surface area contributed by atoms with E-state index in [1.165, 1.54) is 9.75 Å². The number of thiophene rings is 1. The zero-order valence-electron chi connectivity index (χ0n) is 16.4. The molecule has 3 aromatic heterocycles. The van der Waals surface area contributed by atoms with Crippen molar-refractivity contribution >= 4 is 41.3 Å². The molecule has 28 heavy (non-hydrogen) atoms. The highest BCUT2D eigenvalue weighted by atomic mass is 127. The van der Waals surface area contributed by atoms with Crippen LogP contribution in [0.3, 0.4) is 0 Å². The fourth-order valence-corrected chi connectivity index (χ4v) is 3.78. The first-order valence-corrected chi connectivity index (χ1v) is 10.0. The standard InChI is InChI=1S/C20H26N6S.HI/c1-4-21-20(25-15(2)12-18-7-6-16(3)27-18)23-14-17-8-10-22-19(13-17)26-11-5-9-24-26;/h5-11,13,15H,4,12,14H2,1-3H3,(H2,21,23,25);1H. The number of nitrogens with zero attached hydrogens (tertiary/aromatic N) is 4. The number of aliphatic imine (C=N–C) groups is 1. The molecule has 0 spiro atoms. The van der Waals surface area contributed by atoms with Crippen molar-refractivity contribution in [1.29, 1.82) is 0 Å². The molecule has 150 valence electrons. The lowest BCUT2D eigenvalue weighted by Crippen LogP contribution is -2.43. The predicted octanol–water partition coefficient (Wildman–Crippen LogP) is 3.94. The van der Waals surface area contributed by atoms with Crippen LogP contribution in [0.2, 0.25) is 0 Å². The summed E-state index contributed by atoms with van der Waals surface area (Å²) in [5, 5.41) is 11.1. The van der Waals surface area contributed by atoms with Crippen LogP contribution in [0.5, 0.6) is 0 Å². The van der Waals surface area contributed by atoms with Gasteiger partial charge in [0.05, 0.1) is 6.54 Å². The average molecular weight is 510 g/mol. The Hall–Kier alpha value is -1.94. The zero-order chi connectivity index (χ0) is 19.1. The van der Waals surface area contributed by atoms with E-state index in [4.69, 9.17) is 4.99 Å². The molecule has 0 radical (unpaired) electrons. The number of pyridine rings is 1. The Balaban J connectivity index is 0.00000280. The van der Waals surface area contributed by atoms with Crippen LogP contribution in [-0.2, 0) is 13.0 Å². The molecule has 0 aromatic carbocycles. The summed E-state index contributed by atoms with van der Waals surface area (Å²) >= 11 is 1.85. The van der Waals surface area contributed by atoms with Gasteiger partial charge in [0.15, 0.2) is 11.8 Å². The maximum atomic E-state index is 4.73. The molecule has 8 heteroatoms. The molecule has 1 atom stereocenters. The highest BCUT2D eigenvalue weighted by Crippen LogP contribution is 2.16. The van der Waals surface area contributed by atoms with Gasteiger partial charge in [-0.05, 0) is 56.7 Å². The smallest absolute Gasteiger partial charge is 0.191 e. The normalized spacial score (nSPS) is 12.3. The molecule has 0 aliphatic rings. The molecule has 0 aliphatic heterocycles. The van der Waals surface area contributed by atoms with E-state index in [0.29, 0.717) is 12.6 Å². The number of rotatable bonds is 7. The van der Waals surface area contributed by atoms with E-state index >= 15 is 0 Å². The van der Waals surface area contributed by atoms with Gasteiger partial charge < -0.3 is 10.6 Å². The van der Waals surface area contributed by atoms with Crippen LogP contribution >= 0.6 is 35.3 Å². The summed E-state index contributed by atoms with van der Waals surface area (Å²) in [6, 6.07) is 10.6. The second-order valence-corrected chi connectivity index (χ2v) is 7.80. The van der Waals surface area contributed by atoms with Crippen molar-refractivity contribution in [1.82, 2.24) is 25.4 Å². The Bertz CT molecular complexity index is 874. The van der Waals surface area contributed by atoms with E-state index in [1.54, 1.807) is 17.1 Å². The van der Waals surface area contributed by atoms with Crippen LogP contribution in [0.1, 0.15) is 29.2 Å². The van der Waals surface area contributed by atoms with Crippen molar-refractivity contribution in [2.24, 2.45) is 4.99 Å². The molecule has 3 rings (SSSR count). The minimum atomic E-state index is 0. The van der Waals surface area contributed by atoms with Gasteiger partial charge in [-0.3, -0.25) is 0 Å². The lowest BCUT2D eigenvalue weighted by molar-refractivity contribution is 0.645. The summed E-state index contributed by atoms with van der Waals surface area (Å²) in [7, 11) is 0. The molecule has 0 aliphatic carbocycles. The highest BCUT2D eigenvalue weighted by Gasteiger charge is 2.08. The van der Waals surface area contributed by atoms with E-state index < -0.39 is 0 Å². The van der Waals surface area contributed by atoms with Gasteiger partial charge in [-0.1, -0.05) is 0 Å². The van der Waals surface area contributed by atoms with Gasteiger partial charge in [-0.25, -0.2) is 14.7 Å². The maximum Gasteiger partial charge on any atom is 0.191 e. The molecule has 2 N–H and O–H groups in total. The lowest BCUT2D eigenvalue weighted by atomic mass is 10.2. The van der Waals surface area contributed by atoms with Crippen molar-refractivity contribution in [2.75, 3.05) is 6.54 Å². The average Bonchev–Trinajstić information content (AvgIpc) is 3.32. The largest absolute Gasteiger partial charge is 0.357 e. The number of hydrogen-bond donors (Lipinski definition) is 2. The van der Waals surface area contributed by atoms with Gasteiger partial charge in [-0.2, -0.15) is 5.10 Å². The number of nitrogens with one attached hydrogen (secondary N) is 2. The fourth-order valence-electron chi connectivity index (χ4n) is 2.76. The molecule has 0 bridgehead atoms. The van der Waals surface area contributed by atoms with E-state index in [-0.39, 0.29) is 24.0 Å². The molecule has 0 saturated carbocycles. The van der Waals surface area contributed by atoms with Gasteiger partial charge in [0, 0.05) is 47.4 Å². The van der Waals surface area contributed by atoms with E-state index in [2.05, 4.69) is 53.6 Å². The third-order valence-electron chi connectivity index (χ3n) is 4.00. The second kappa shape index (κ2) is 11.2. The fraction of sp³-hybridized carbons (Fsp3) is 0.350. The summed E-state index contributed by atoms with van der Waals surface area (Å²) in [4.78, 5) is 11.8. The molecule has 3 aromatic rings. The van der Waals surface area contributed by atoms with Crippen molar-refractivity contribution in [3.8, 4) is 5.82 Å². The van der Waals surface area contributed by atoms with Crippen LogP contribution < -0.4 is 10.6 Å². The SMILES string of the molecule is CCNC(=NCc1ccnc(-n2cccn2)c1)NC(C)Cc1ccc(C)s1.I. The third-order valence-corrected chi connectivity index (χ3v) is 5.02. The van der Waals surface area contributed by atoms with E-state index in [9.17, 15) is 0 Å².